The van der Waals surface area contributed by atoms with E-state index in [9.17, 15) is 9.59 Å². The van der Waals surface area contributed by atoms with E-state index < -0.39 is 11.9 Å². The molecule has 0 unspecified atom stereocenters. The molecule has 1 fully saturated rings. The lowest BCUT2D eigenvalue weighted by molar-refractivity contribution is 0.0695. The molecule has 2 N–H and O–H groups in total. The predicted molar refractivity (Wildman–Crippen MR) is 81.2 cm³/mol. The van der Waals surface area contributed by atoms with Crippen molar-refractivity contribution in [2.45, 2.75) is 12.5 Å². The number of carboxylic acids is 1. The fourth-order valence-corrected chi connectivity index (χ4v) is 2.73. The second-order valence-corrected chi connectivity index (χ2v) is 5.47. The summed E-state index contributed by atoms with van der Waals surface area (Å²) in [6.07, 6.45) is 1.88. The van der Waals surface area contributed by atoms with Crippen LogP contribution in [0.3, 0.4) is 0 Å². The third kappa shape index (κ3) is 3.43. The first kappa shape index (κ1) is 15.3. The Bertz CT molecular complexity index is 694. The van der Waals surface area contributed by atoms with E-state index in [4.69, 9.17) is 14.3 Å². The fourth-order valence-electron chi connectivity index (χ4n) is 2.73. The molecule has 0 saturated carbocycles. The Hall–Kier alpha value is -2.60. The molecule has 3 rings (SSSR count). The van der Waals surface area contributed by atoms with Crippen molar-refractivity contribution in [3.05, 3.63) is 59.5 Å². The van der Waals surface area contributed by atoms with Gasteiger partial charge in [0.2, 0.25) is 0 Å². The molecule has 1 aliphatic heterocycles. The zero-order valence-corrected chi connectivity index (χ0v) is 12.4. The molecule has 2 heterocycles. The number of nitrogens with one attached hydrogen (secondary N) is 1. The summed E-state index contributed by atoms with van der Waals surface area (Å²) >= 11 is 0. The summed E-state index contributed by atoms with van der Waals surface area (Å²) < 4.78 is 10.8. The summed E-state index contributed by atoms with van der Waals surface area (Å²) in [6, 6.07) is 11.1. The number of carbonyl (C=O) groups is 2. The van der Waals surface area contributed by atoms with Crippen molar-refractivity contribution in [1.29, 1.82) is 0 Å². The average Bonchev–Trinajstić information content (AvgIpc) is 3.22. The van der Waals surface area contributed by atoms with Crippen LogP contribution in [-0.2, 0) is 4.74 Å². The molecular formula is C17H17NO5. The largest absolute Gasteiger partial charge is 0.478 e. The number of hydrogen-bond donors (Lipinski definition) is 2. The Morgan fingerprint density at radius 1 is 1.26 bits per heavy atom. The molecule has 1 saturated heterocycles. The molecule has 1 aromatic carbocycles. The molecule has 1 aliphatic rings. The van der Waals surface area contributed by atoms with Gasteiger partial charge in [-0.05, 0) is 12.0 Å². The van der Waals surface area contributed by atoms with Gasteiger partial charge >= 0.3 is 5.97 Å². The van der Waals surface area contributed by atoms with Gasteiger partial charge in [0.25, 0.3) is 5.91 Å². The summed E-state index contributed by atoms with van der Waals surface area (Å²) in [7, 11) is 0. The van der Waals surface area contributed by atoms with Crippen LogP contribution in [-0.4, -0.2) is 30.1 Å². The highest BCUT2D eigenvalue weighted by Crippen LogP contribution is 2.33. The highest BCUT2D eigenvalue weighted by atomic mass is 16.5. The normalized spacial score (nSPS) is 20.3. The zero-order chi connectivity index (χ0) is 16.2. The SMILES string of the molecule is O=C(O)c1coc(C(=O)NC[C@@H]2CCO[C@H]2c2ccccc2)c1. The molecule has 6 heteroatoms. The Labute approximate surface area is 133 Å². The van der Waals surface area contributed by atoms with Gasteiger partial charge in [0, 0.05) is 25.1 Å². The first-order valence-corrected chi connectivity index (χ1v) is 7.41. The van der Waals surface area contributed by atoms with E-state index in [1.165, 1.54) is 6.07 Å². The van der Waals surface area contributed by atoms with Crippen LogP contribution in [0.1, 0.15) is 39.0 Å². The number of benzene rings is 1. The number of amides is 1. The van der Waals surface area contributed by atoms with Crippen molar-refractivity contribution >= 4 is 11.9 Å². The van der Waals surface area contributed by atoms with E-state index >= 15 is 0 Å². The first-order chi connectivity index (χ1) is 11.1. The number of carboxylic acid groups (broad SMARTS) is 1. The Morgan fingerprint density at radius 2 is 2.04 bits per heavy atom. The number of ether oxygens (including phenoxy) is 1. The van der Waals surface area contributed by atoms with Crippen molar-refractivity contribution in [2.75, 3.05) is 13.2 Å². The third-order valence-electron chi connectivity index (χ3n) is 3.94. The Balaban J connectivity index is 1.60. The molecule has 120 valence electrons. The minimum absolute atomic E-state index is 0.00224. The maximum absolute atomic E-state index is 12.0. The maximum Gasteiger partial charge on any atom is 0.338 e. The molecule has 1 amide bonds. The summed E-state index contributed by atoms with van der Waals surface area (Å²) in [5.41, 5.74) is 1.05. The van der Waals surface area contributed by atoms with Gasteiger partial charge in [0.05, 0.1) is 11.7 Å². The van der Waals surface area contributed by atoms with Gasteiger partial charge in [-0.3, -0.25) is 4.79 Å². The lowest BCUT2D eigenvalue weighted by Crippen LogP contribution is -2.30. The van der Waals surface area contributed by atoms with Crippen LogP contribution in [0.5, 0.6) is 0 Å². The lowest BCUT2D eigenvalue weighted by atomic mass is 9.95. The molecule has 2 aromatic rings. The molecule has 6 nitrogen and oxygen atoms in total. The van der Waals surface area contributed by atoms with Gasteiger partial charge in [-0.15, -0.1) is 0 Å². The Kier molecular flexibility index (Phi) is 4.43. The van der Waals surface area contributed by atoms with Gasteiger partial charge in [0.1, 0.15) is 6.26 Å². The number of furan rings is 1. The van der Waals surface area contributed by atoms with Gasteiger partial charge in [0.15, 0.2) is 5.76 Å². The van der Waals surface area contributed by atoms with E-state index in [-0.39, 0.29) is 23.3 Å². The monoisotopic (exact) mass is 315 g/mol. The third-order valence-corrected chi connectivity index (χ3v) is 3.94. The Morgan fingerprint density at radius 3 is 2.74 bits per heavy atom. The van der Waals surface area contributed by atoms with E-state index in [2.05, 4.69) is 5.32 Å². The minimum Gasteiger partial charge on any atom is -0.478 e. The van der Waals surface area contributed by atoms with Crippen LogP contribution in [0, 0.1) is 5.92 Å². The van der Waals surface area contributed by atoms with Crippen molar-refractivity contribution in [1.82, 2.24) is 5.32 Å². The molecule has 23 heavy (non-hydrogen) atoms. The van der Waals surface area contributed by atoms with Crippen molar-refractivity contribution in [3.8, 4) is 0 Å². The zero-order valence-electron chi connectivity index (χ0n) is 12.4. The predicted octanol–water partition coefficient (Wildman–Crippen LogP) is 2.49. The molecule has 0 bridgehead atoms. The van der Waals surface area contributed by atoms with E-state index in [1.54, 1.807) is 0 Å². The average molecular weight is 315 g/mol. The second kappa shape index (κ2) is 6.66. The number of rotatable bonds is 5. The summed E-state index contributed by atoms with van der Waals surface area (Å²) in [4.78, 5) is 22.8. The summed E-state index contributed by atoms with van der Waals surface area (Å²) in [5, 5.41) is 11.6. The van der Waals surface area contributed by atoms with E-state index in [0.29, 0.717) is 13.2 Å². The highest BCUT2D eigenvalue weighted by Gasteiger charge is 2.30. The highest BCUT2D eigenvalue weighted by molar-refractivity contribution is 5.95. The second-order valence-electron chi connectivity index (χ2n) is 5.47. The lowest BCUT2D eigenvalue weighted by Gasteiger charge is -2.19. The number of hydrogen-bond acceptors (Lipinski definition) is 4. The molecule has 2 atom stereocenters. The molecule has 0 aliphatic carbocycles. The van der Waals surface area contributed by atoms with Crippen LogP contribution in [0.4, 0.5) is 0 Å². The molecule has 1 aromatic heterocycles. The first-order valence-electron chi connectivity index (χ1n) is 7.41. The summed E-state index contributed by atoms with van der Waals surface area (Å²) in [6.45, 7) is 1.10. The van der Waals surface area contributed by atoms with Gasteiger partial charge in [-0.25, -0.2) is 4.79 Å². The van der Waals surface area contributed by atoms with E-state index in [1.807, 2.05) is 30.3 Å². The van der Waals surface area contributed by atoms with Crippen LogP contribution in [0.25, 0.3) is 0 Å². The summed E-state index contributed by atoms with van der Waals surface area (Å²) in [5.74, 6) is -1.37. The molecule has 0 radical (unpaired) electrons. The van der Waals surface area contributed by atoms with Crippen molar-refractivity contribution in [2.24, 2.45) is 5.92 Å². The van der Waals surface area contributed by atoms with Crippen LogP contribution in [0.15, 0.2) is 47.1 Å². The fraction of sp³-hybridized carbons (Fsp3) is 0.294. The van der Waals surface area contributed by atoms with Crippen molar-refractivity contribution in [3.63, 3.8) is 0 Å². The van der Waals surface area contributed by atoms with Gasteiger partial charge < -0.3 is 19.6 Å². The molecular weight excluding hydrogens is 298 g/mol. The quantitative estimate of drug-likeness (QED) is 0.885. The number of carbonyl (C=O) groups excluding carboxylic acids is 1. The van der Waals surface area contributed by atoms with Gasteiger partial charge in [-0.1, -0.05) is 30.3 Å². The topological polar surface area (TPSA) is 88.8 Å². The van der Waals surface area contributed by atoms with E-state index in [0.717, 1.165) is 18.2 Å². The smallest absolute Gasteiger partial charge is 0.338 e. The van der Waals surface area contributed by atoms with Crippen LogP contribution < -0.4 is 5.32 Å². The standard InChI is InChI=1S/C17H17NO5/c19-16(14-8-13(10-23-14)17(20)21)18-9-12-6-7-22-15(12)11-4-2-1-3-5-11/h1-5,8,10,12,15H,6-7,9H2,(H,18,19)(H,20,21)/t12-,15-/m0/s1. The molecule has 0 spiro atoms. The number of aromatic carboxylic acids is 1. The minimum atomic E-state index is -1.12. The van der Waals surface area contributed by atoms with Gasteiger partial charge in [-0.2, -0.15) is 0 Å². The maximum atomic E-state index is 12.0. The van der Waals surface area contributed by atoms with Crippen LogP contribution in [0.2, 0.25) is 0 Å². The van der Waals surface area contributed by atoms with Crippen molar-refractivity contribution < 1.29 is 23.8 Å². The van der Waals surface area contributed by atoms with Crippen LogP contribution >= 0.6 is 0 Å².